The van der Waals surface area contributed by atoms with Crippen molar-refractivity contribution in [3.05, 3.63) is 91.0 Å². The van der Waals surface area contributed by atoms with E-state index in [0.29, 0.717) is 33.1 Å². The molecule has 0 aromatic heterocycles. The summed E-state index contributed by atoms with van der Waals surface area (Å²) in [7, 11) is 0. The molecule has 0 unspecified atom stereocenters. The molecule has 3 amide bonds. The molecule has 144 valence electrons. The molecule has 4 rings (SSSR count). The smallest absolute Gasteiger partial charge is 0.266 e. The van der Waals surface area contributed by atoms with E-state index in [9.17, 15) is 14.4 Å². The first-order chi connectivity index (χ1) is 13.9. The Bertz CT molecular complexity index is 1160. The Hall–Kier alpha value is -2.42. The summed E-state index contributed by atoms with van der Waals surface area (Å²) < 4.78 is 0.865. The number of amides is 3. The number of imide groups is 1. The Morgan fingerprint density at radius 2 is 1.52 bits per heavy atom. The van der Waals surface area contributed by atoms with Gasteiger partial charge >= 0.3 is 0 Å². The van der Waals surface area contributed by atoms with Gasteiger partial charge in [0.05, 0.1) is 38.1 Å². The third-order valence-corrected chi connectivity index (χ3v) is 5.74. The predicted octanol–water partition coefficient (Wildman–Crippen LogP) is 5.65. The maximum atomic E-state index is 12.6. The van der Waals surface area contributed by atoms with Gasteiger partial charge in [-0.25, -0.2) is 4.90 Å². The van der Waals surface area contributed by atoms with E-state index < -0.39 is 17.7 Å². The molecule has 0 spiro atoms. The highest BCUT2D eigenvalue weighted by Crippen LogP contribution is 2.33. The molecule has 0 saturated heterocycles. The zero-order chi connectivity index (χ0) is 20.7. The average molecular weight is 537 g/mol. The monoisotopic (exact) mass is 536 g/mol. The first-order valence-corrected chi connectivity index (χ1v) is 10.2. The topological polar surface area (TPSA) is 66.5 Å². The Morgan fingerprint density at radius 1 is 0.862 bits per heavy atom. The number of halogens is 3. The van der Waals surface area contributed by atoms with Crippen LogP contribution in [0.25, 0.3) is 0 Å². The van der Waals surface area contributed by atoms with Crippen LogP contribution < -0.4 is 10.2 Å². The zero-order valence-electron chi connectivity index (χ0n) is 14.6. The lowest BCUT2D eigenvalue weighted by atomic mass is 10.1. The molecule has 8 heteroatoms. The van der Waals surface area contributed by atoms with Crippen molar-refractivity contribution in [3.63, 3.8) is 0 Å². The fourth-order valence-electron chi connectivity index (χ4n) is 3.03. The molecule has 3 aromatic rings. The van der Waals surface area contributed by atoms with Crippen molar-refractivity contribution in [3.8, 4) is 0 Å². The second-order valence-corrected chi connectivity index (χ2v) is 8.29. The molecule has 0 radical (unpaired) electrons. The normalized spacial score (nSPS) is 12.9. The Kier molecular flexibility index (Phi) is 5.33. The van der Waals surface area contributed by atoms with Crippen molar-refractivity contribution in [1.82, 2.24) is 0 Å². The molecule has 1 aliphatic rings. The maximum Gasteiger partial charge on any atom is 0.266 e. The van der Waals surface area contributed by atoms with E-state index in [1.807, 2.05) is 0 Å². The van der Waals surface area contributed by atoms with Crippen LogP contribution in [0.1, 0.15) is 31.1 Å². The highest BCUT2D eigenvalue weighted by Gasteiger charge is 2.36. The summed E-state index contributed by atoms with van der Waals surface area (Å²) in [5.41, 5.74) is 1.68. The van der Waals surface area contributed by atoms with Gasteiger partial charge in [0, 0.05) is 3.57 Å². The van der Waals surface area contributed by atoms with Gasteiger partial charge in [0.2, 0.25) is 0 Å². The van der Waals surface area contributed by atoms with Crippen molar-refractivity contribution in [2.45, 2.75) is 0 Å². The van der Waals surface area contributed by atoms with E-state index in [2.05, 4.69) is 27.9 Å². The number of carbonyl (C=O) groups is 3. The van der Waals surface area contributed by atoms with Gasteiger partial charge in [0.15, 0.2) is 0 Å². The number of anilines is 2. The molecule has 1 N–H and O–H groups in total. The fourth-order valence-corrected chi connectivity index (χ4v) is 3.95. The van der Waals surface area contributed by atoms with Crippen molar-refractivity contribution in [2.75, 3.05) is 10.2 Å². The van der Waals surface area contributed by atoms with Crippen LogP contribution in [0.15, 0.2) is 60.7 Å². The highest BCUT2D eigenvalue weighted by atomic mass is 127. The van der Waals surface area contributed by atoms with Crippen LogP contribution >= 0.6 is 45.8 Å². The highest BCUT2D eigenvalue weighted by molar-refractivity contribution is 14.1. The van der Waals surface area contributed by atoms with Crippen molar-refractivity contribution in [1.29, 1.82) is 0 Å². The summed E-state index contributed by atoms with van der Waals surface area (Å²) in [6.07, 6.45) is 0. The summed E-state index contributed by atoms with van der Waals surface area (Å²) in [5.74, 6) is -1.24. The second-order valence-electron chi connectivity index (χ2n) is 6.23. The molecule has 1 heterocycles. The maximum absolute atomic E-state index is 12.6. The van der Waals surface area contributed by atoms with Gasteiger partial charge in [-0.05, 0) is 71.1 Å². The van der Waals surface area contributed by atoms with Gasteiger partial charge in [-0.1, -0.05) is 35.3 Å². The first kappa shape index (κ1) is 19.9. The lowest BCUT2D eigenvalue weighted by molar-refractivity contribution is 0.0924. The van der Waals surface area contributed by atoms with Crippen LogP contribution in [0.5, 0.6) is 0 Å². The van der Waals surface area contributed by atoms with Crippen LogP contribution in [0.3, 0.4) is 0 Å². The van der Waals surface area contributed by atoms with Crippen LogP contribution in [0.2, 0.25) is 10.0 Å². The molecule has 3 aromatic carbocycles. The number of carbonyl (C=O) groups excluding carboxylic acids is 3. The van der Waals surface area contributed by atoms with Gasteiger partial charge < -0.3 is 5.32 Å². The molecule has 1 aliphatic heterocycles. The number of hydrogen-bond donors (Lipinski definition) is 1. The van der Waals surface area contributed by atoms with Crippen LogP contribution in [0, 0.1) is 3.57 Å². The summed E-state index contributed by atoms with van der Waals surface area (Å²) in [6.45, 7) is 0. The van der Waals surface area contributed by atoms with Crippen molar-refractivity contribution < 1.29 is 14.4 Å². The number of rotatable bonds is 3. The third-order valence-electron chi connectivity index (χ3n) is 4.43. The number of nitrogens with one attached hydrogen (secondary N) is 1. The quantitative estimate of drug-likeness (QED) is 0.347. The lowest BCUT2D eigenvalue weighted by Gasteiger charge is -2.16. The molecule has 0 aliphatic carbocycles. The number of nitrogens with zero attached hydrogens (tertiary/aromatic N) is 1. The minimum absolute atomic E-state index is 0.189. The zero-order valence-corrected chi connectivity index (χ0v) is 18.2. The van der Waals surface area contributed by atoms with Crippen LogP contribution in [-0.4, -0.2) is 17.7 Å². The molecule has 0 bridgehead atoms. The fraction of sp³-hybridized carbons (Fsp3) is 0. The van der Waals surface area contributed by atoms with Gasteiger partial charge in [0.1, 0.15) is 0 Å². The minimum atomic E-state index is -0.413. The molecule has 0 saturated carbocycles. The number of hydrogen-bond acceptors (Lipinski definition) is 3. The predicted molar refractivity (Wildman–Crippen MR) is 121 cm³/mol. The average Bonchev–Trinajstić information content (AvgIpc) is 2.96. The van der Waals surface area contributed by atoms with Crippen molar-refractivity contribution in [2.24, 2.45) is 0 Å². The summed E-state index contributed by atoms with van der Waals surface area (Å²) in [5, 5.41) is 3.21. The van der Waals surface area contributed by atoms with E-state index in [0.717, 1.165) is 8.47 Å². The van der Waals surface area contributed by atoms with Crippen LogP contribution in [-0.2, 0) is 0 Å². The van der Waals surface area contributed by atoms with Crippen LogP contribution in [0.4, 0.5) is 11.4 Å². The van der Waals surface area contributed by atoms with Gasteiger partial charge in [-0.15, -0.1) is 0 Å². The van der Waals surface area contributed by atoms with Gasteiger partial charge in [0.25, 0.3) is 17.7 Å². The molecule has 29 heavy (non-hydrogen) atoms. The molecule has 0 atom stereocenters. The Labute approximate surface area is 189 Å². The standard InChI is InChI=1S/C21H11Cl2IN2O3/c22-16-7-5-11(24)9-15(16)19(27)25-18-8-6-12(10-17(18)23)26-20(28)13-3-1-2-4-14(13)21(26)29/h1-10H,(H,25,27). The SMILES string of the molecule is O=C(Nc1ccc(N2C(=O)c3ccccc3C2=O)cc1Cl)c1cc(I)ccc1Cl. The lowest BCUT2D eigenvalue weighted by Crippen LogP contribution is -2.29. The van der Waals surface area contributed by atoms with E-state index in [-0.39, 0.29) is 5.02 Å². The summed E-state index contributed by atoms with van der Waals surface area (Å²) >= 11 is 14.5. The summed E-state index contributed by atoms with van der Waals surface area (Å²) in [6, 6.07) is 16.3. The summed E-state index contributed by atoms with van der Waals surface area (Å²) in [4.78, 5) is 38.9. The second kappa shape index (κ2) is 7.78. The van der Waals surface area contributed by atoms with Gasteiger partial charge in [-0.2, -0.15) is 0 Å². The number of fused-ring (bicyclic) bond motifs is 1. The Balaban J connectivity index is 1.61. The van der Waals surface area contributed by atoms with E-state index >= 15 is 0 Å². The largest absolute Gasteiger partial charge is 0.321 e. The molecular formula is C21H11Cl2IN2O3. The minimum Gasteiger partial charge on any atom is -0.321 e. The first-order valence-electron chi connectivity index (χ1n) is 8.40. The van der Waals surface area contributed by atoms with Gasteiger partial charge in [-0.3, -0.25) is 14.4 Å². The third kappa shape index (κ3) is 3.63. The van der Waals surface area contributed by atoms with Crippen molar-refractivity contribution >= 4 is 74.9 Å². The molecule has 0 fully saturated rings. The number of benzene rings is 3. The van der Waals surface area contributed by atoms with E-state index in [1.165, 1.54) is 6.07 Å². The molecular weight excluding hydrogens is 526 g/mol. The Morgan fingerprint density at radius 3 is 2.14 bits per heavy atom. The van der Waals surface area contributed by atoms with E-state index in [4.69, 9.17) is 23.2 Å². The van der Waals surface area contributed by atoms with E-state index in [1.54, 1.807) is 54.6 Å². The molecule has 5 nitrogen and oxygen atoms in total.